The van der Waals surface area contributed by atoms with E-state index in [0.29, 0.717) is 13.0 Å². The number of nitrogens with one attached hydrogen (secondary N) is 2. The first kappa shape index (κ1) is 19.4. The van der Waals surface area contributed by atoms with Crippen LogP contribution in [0.15, 0.2) is 24.3 Å². The van der Waals surface area contributed by atoms with E-state index in [0.717, 1.165) is 43.7 Å². The number of rotatable bonds is 10. The number of likely N-dealkylation sites (tertiary alicyclic amines) is 1. The zero-order chi connectivity index (χ0) is 17.9. The highest BCUT2D eigenvalue weighted by atomic mass is 16.2. The maximum atomic E-state index is 11.9. The number of nitrogens with zero attached hydrogens (tertiary/aromatic N) is 1. The summed E-state index contributed by atoms with van der Waals surface area (Å²) in [4.78, 5) is 25.0. The van der Waals surface area contributed by atoms with Gasteiger partial charge in [0.1, 0.15) is 0 Å². The van der Waals surface area contributed by atoms with E-state index in [1.807, 2.05) is 24.3 Å². The second kappa shape index (κ2) is 10.8. The van der Waals surface area contributed by atoms with Gasteiger partial charge in [-0.2, -0.15) is 0 Å². The van der Waals surface area contributed by atoms with E-state index in [2.05, 4.69) is 15.5 Å². The molecule has 0 aromatic heterocycles. The minimum atomic E-state index is -0.358. The van der Waals surface area contributed by atoms with Crippen LogP contribution >= 0.6 is 0 Å². The van der Waals surface area contributed by atoms with Crippen LogP contribution in [0.3, 0.4) is 0 Å². The fourth-order valence-corrected chi connectivity index (χ4v) is 3.04. The number of primary amides is 1. The second-order valence-corrected chi connectivity index (χ2v) is 6.64. The average molecular weight is 346 g/mol. The summed E-state index contributed by atoms with van der Waals surface area (Å²) in [5, 5.41) is 5.99. The molecular weight excluding hydrogens is 316 g/mol. The van der Waals surface area contributed by atoms with Crippen molar-refractivity contribution in [1.29, 1.82) is 0 Å². The Morgan fingerprint density at radius 3 is 2.40 bits per heavy atom. The Balaban J connectivity index is 1.59. The molecular formula is C19H30N4O2. The molecule has 2 rings (SSSR count). The van der Waals surface area contributed by atoms with Gasteiger partial charge in [0.05, 0.1) is 6.54 Å². The van der Waals surface area contributed by atoms with Crippen LogP contribution in [0, 0.1) is 0 Å². The SMILES string of the molecule is NC(=O)CNCc1ccc(CCC(=O)NCCN2CCCCC2)cc1. The van der Waals surface area contributed by atoms with Crippen LogP contribution in [0.2, 0.25) is 0 Å². The highest BCUT2D eigenvalue weighted by molar-refractivity contribution is 5.76. The minimum absolute atomic E-state index is 0.115. The molecule has 1 aromatic rings. The summed E-state index contributed by atoms with van der Waals surface area (Å²) in [6, 6.07) is 8.08. The Morgan fingerprint density at radius 1 is 1.04 bits per heavy atom. The van der Waals surface area contributed by atoms with Crippen LogP contribution in [-0.4, -0.2) is 49.4 Å². The van der Waals surface area contributed by atoms with Gasteiger partial charge in [0.2, 0.25) is 11.8 Å². The Morgan fingerprint density at radius 2 is 1.72 bits per heavy atom. The normalized spacial score (nSPS) is 15.0. The van der Waals surface area contributed by atoms with Crippen molar-refractivity contribution in [3.05, 3.63) is 35.4 Å². The maximum absolute atomic E-state index is 11.9. The maximum Gasteiger partial charge on any atom is 0.231 e. The summed E-state index contributed by atoms with van der Waals surface area (Å²) in [7, 11) is 0. The number of amides is 2. The summed E-state index contributed by atoms with van der Waals surface area (Å²) in [6.45, 7) is 4.81. The number of benzene rings is 1. The third-order valence-electron chi connectivity index (χ3n) is 4.49. The average Bonchev–Trinajstić information content (AvgIpc) is 2.62. The zero-order valence-electron chi connectivity index (χ0n) is 14.9. The van der Waals surface area contributed by atoms with Gasteiger partial charge < -0.3 is 21.3 Å². The molecule has 1 saturated heterocycles. The Hall–Kier alpha value is -1.92. The van der Waals surface area contributed by atoms with Crippen LogP contribution in [0.1, 0.15) is 36.8 Å². The molecule has 0 unspecified atom stereocenters. The summed E-state index contributed by atoms with van der Waals surface area (Å²) in [5.41, 5.74) is 7.32. The van der Waals surface area contributed by atoms with Gasteiger partial charge in [-0.25, -0.2) is 0 Å². The molecule has 0 saturated carbocycles. The molecule has 1 aromatic carbocycles. The summed E-state index contributed by atoms with van der Waals surface area (Å²) >= 11 is 0. The fraction of sp³-hybridized carbons (Fsp3) is 0.579. The van der Waals surface area contributed by atoms with Crippen molar-refractivity contribution < 1.29 is 9.59 Å². The molecule has 0 aliphatic carbocycles. The predicted molar refractivity (Wildman–Crippen MR) is 99.0 cm³/mol. The first-order chi connectivity index (χ1) is 12.1. The second-order valence-electron chi connectivity index (χ2n) is 6.64. The minimum Gasteiger partial charge on any atom is -0.369 e. The van der Waals surface area contributed by atoms with Crippen LogP contribution in [0.4, 0.5) is 0 Å². The van der Waals surface area contributed by atoms with Crippen LogP contribution < -0.4 is 16.4 Å². The van der Waals surface area contributed by atoms with Gasteiger partial charge in [-0.1, -0.05) is 30.7 Å². The van der Waals surface area contributed by atoms with E-state index >= 15 is 0 Å². The number of carbonyl (C=O) groups excluding carboxylic acids is 2. The zero-order valence-corrected chi connectivity index (χ0v) is 14.9. The molecule has 0 radical (unpaired) electrons. The Kier molecular flexibility index (Phi) is 8.42. The van der Waals surface area contributed by atoms with Crippen LogP contribution in [-0.2, 0) is 22.6 Å². The molecule has 25 heavy (non-hydrogen) atoms. The molecule has 1 aliphatic rings. The number of nitrogens with two attached hydrogens (primary N) is 1. The highest BCUT2D eigenvalue weighted by Gasteiger charge is 2.10. The first-order valence-corrected chi connectivity index (χ1v) is 9.19. The molecule has 6 heteroatoms. The molecule has 0 bridgehead atoms. The van der Waals surface area contributed by atoms with Crippen molar-refractivity contribution in [2.24, 2.45) is 5.73 Å². The number of carbonyl (C=O) groups is 2. The molecule has 1 aliphatic heterocycles. The van der Waals surface area contributed by atoms with Crippen LogP contribution in [0.25, 0.3) is 0 Å². The number of hydrogen-bond acceptors (Lipinski definition) is 4. The van der Waals surface area contributed by atoms with Crippen LogP contribution in [0.5, 0.6) is 0 Å². The van der Waals surface area contributed by atoms with Gasteiger partial charge >= 0.3 is 0 Å². The predicted octanol–water partition coefficient (Wildman–Crippen LogP) is 0.796. The lowest BCUT2D eigenvalue weighted by molar-refractivity contribution is -0.121. The van der Waals surface area contributed by atoms with Gasteiger partial charge in [-0.05, 0) is 43.5 Å². The van der Waals surface area contributed by atoms with E-state index in [-0.39, 0.29) is 18.4 Å². The molecule has 2 amide bonds. The molecule has 1 heterocycles. The molecule has 0 atom stereocenters. The van der Waals surface area contributed by atoms with Crippen molar-refractivity contribution in [1.82, 2.24) is 15.5 Å². The molecule has 0 spiro atoms. The fourth-order valence-electron chi connectivity index (χ4n) is 3.04. The van der Waals surface area contributed by atoms with E-state index in [1.165, 1.54) is 19.3 Å². The quantitative estimate of drug-likeness (QED) is 0.585. The van der Waals surface area contributed by atoms with Gasteiger partial charge in [0.25, 0.3) is 0 Å². The molecule has 6 nitrogen and oxygen atoms in total. The standard InChI is InChI=1S/C19H30N4O2/c20-18(24)15-21-14-17-6-4-16(5-7-17)8-9-19(25)22-10-13-23-11-2-1-3-12-23/h4-7,21H,1-3,8-15H2,(H2,20,24)(H,22,25). The number of hydrogen-bond donors (Lipinski definition) is 3. The summed E-state index contributed by atoms with van der Waals surface area (Å²) in [5.74, 6) is -0.243. The van der Waals surface area contributed by atoms with E-state index in [9.17, 15) is 9.59 Å². The molecule has 138 valence electrons. The Labute approximate surface area is 150 Å². The monoisotopic (exact) mass is 346 g/mol. The Bertz CT molecular complexity index is 539. The third-order valence-corrected chi connectivity index (χ3v) is 4.49. The molecule has 4 N–H and O–H groups in total. The molecule has 1 fully saturated rings. The summed E-state index contributed by atoms with van der Waals surface area (Å²) < 4.78 is 0. The van der Waals surface area contributed by atoms with Gasteiger partial charge in [-0.3, -0.25) is 9.59 Å². The van der Waals surface area contributed by atoms with Crippen molar-refractivity contribution in [3.63, 3.8) is 0 Å². The van der Waals surface area contributed by atoms with E-state index in [1.54, 1.807) is 0 Å². The van der Waals surface area contributed by atoms with Crippen molar-refractivity contribution in [2.75, 3.05) is 32.7 Å². The summed E-state index contributed by atoms with van der Waals surface area (Å²) in [6.07, 6.45) is 5.15. The van der Waals surface area contributed by atoms with E-state index < -0.39 is 0 Å². The van der Waals surface area contributed by atoms with E-state index in [4.69, 9.17) is 5.73 Å². The lowest BCUT2D eigenvalue weighted by Crippen LogP contribution is -2.37. The topological polar surface area (TPSA) is 87.5 Å². The lowest BCUT2D eigenvalue weighted by Gasteiger charge is -2.26. The third kappa shape index (κ3) is 8.14. The number of aryl methyl sites for hydroxylation is 1. The van der Waals surface area contributed by atoms with Crippen molar-refractivity contribution in [3.8, 4) is 0 Å². The van der Waals surface area contributed by atoms with Crippen molar-refractivity contribution >= 4 is 11.8 Å². The smallest absolute Gasteiger partial charge is 0.231 e. The number of piperidine rings is 1. The highest BCUT2D eigenvalue weighted by Crippen LogP contribution is 2.08. The lowest BCUT2D eigenvalue weighted by atomic mass is 10.1. The van der Waals surface area contributed by atoms with Gasteiger partial charge in [-0.15, -0.1) is 0 Å². The van der Waals surface area contributed by atoms with Crippen molar-refractivity contribution in [2.45, 2.75) is 38.6 Å². The largest absolute Gasteiger partial charge is 0.369 e. The van der Waals surface area contributed by atoms with Gasteiger partial charge in [0, 0.05) is 26.1 Å². The van der Waals surface area contributed by atoms with Gasteiger partial charge in [0.15, 0.2) is 0 Å². The first-order valence-electron chi connectivity index (χ1n) is 9.19.